The Labute approximate surface area is 104 Å². The molecule has 0 aromatic rings. The molecule has 2 heterocycles. The highest BCUT2D eigenvalue weighted by molar-refractivity contribution is 5.17. The molecule has 98 valence electrons. The fraction of sp³-hybridized carbons (Fsp3) is 1.00. The minimum atomic E-state index is -0.208. The summed E-state index contributed by atoms with van der Waals surface area (Å²) in [6.07, 6.45) is 6.50. The average molecular weight is 239 g/mol. The van der Waals surface area contributed by atoms with Gasteiger partial charge in [-0.3, -0.25) is 0 Å². The van der Waals surface area contributed by atoms with Gasteiger partial charge in [0.15, 0.2) is 0 Å². The van der Waals surface area contributed by atoms with Crippen LogP contribution in [0.2, 0.25) is 0 Å². The van der Waals surface area contributed by atoms with E-state index >= 15 is 0 Å². The summed E-state index contributed by atoms with van der Waals surface area (Å²) in [5.41, 5.74) is 6.37. The molecule has 2 saturated heterocycles. The predicted molar refractivity (Wildman–Crippen MR) is 66.6 cm³/mol. The van der Waals surface area contributed by atoms with Crippen LogP contribution < -0.4 is 5.73 Å². The van der Waals surface area contributed by atoms with Crippen molar-refractivity contribution in [2.75, 3.05) is 6.61 Å². The normalized spacial score (nSPS) is 57.2. The third kappa shape index (κ3) is 1.59. The van der Waals surface area contributed by atoms with Crippen LogP contribution in [-0.4, -0.2) is 28.5 Å². The van der Waals surface area contributed by atoms with Gasteiger partial charge in [0.1, 0.15) is 0 Å². The Kier molecular flexibility index (Phi) is 2.43. The molecule has 17 heavy (non-hydrogen) atoms. The van der Waals surface area contributed by atoms with Crippen molar-refractivity contribution in [3.63, 3.8) is 0 Å². The van der Waals surface area contributed by atoms with Crippen molar-refractivity contribution >= 4 is 0 Å². The lowest BCUT2D eigenvalue weighted by Crippen LogP contribution is -2.74. The van der Waals surface area contributed by atoms with E-state index in [1.807, 2.05) is 0 Å². The van der Waals surface area contributed by atoms with Gasteiger partial charge in [-0.15, -0.1) is 0 Å². The smallest absolute Gasteiger partial charge is 0.0710 e. The summed E-state index contributed by atoms with van der Waals surface area (Å²) in [7, 11) is 0. The minimum Gasteiger partial charge on any atom is -0.396 e. The number of hydrogen-bond donors (Lipinski definition) is 2. The maximum absolute atomic E-state index is 9.32. The van der Waals surface area contributed by atoms with Crippen LogP contribution in [0.3, 0.4) is 0 Å². The summed E-state index contributed by atoms with van der Waals surface area (Å²) in [5.74, 6) is 1.15. The molecule has 5 unspecified atom stereocenters. The molecule has 4 aliphatic rings. The van der Waals surface area contributed by atoms with Crippen LogP contribution >= 0.6 is 0 Å². The van der Waals surface area contributed by atoms with Gasteiger partial charge in [0.25, 0.3) is 0 Å². The van der Waals surface area contributed by atoms with Crippen molar-refractivity contribution in [2.45, 2.75) is 69.1 Å². The van der Waals surface area contributed by atoms with Crippen molar-refractivity contribution in [2.24, 2.45) is 17.6 Å². The van der Waals surface area contributed by atoms with Gasteiger partial charge in [0.05, 0.1) is 11.2 Å². The summed E-state index contributed by atoms with van der Waals surface area (Å²) < 4.78 is 6.41. The van der Waals surface area contributed by atoms with Gasteiger partial charge in [0.2, 0.25) is 0 Å². The molecule has 2 aliphatic carbocycles. The molecule has 0 radical (unpaired) electrons. The molecule has 0 aromatic carbocycles. The van der Waals surface area contributed by atoms with Crippen molar-refractivity contribution in [1.29, 1.82) is 0 Å². The second-order valence-electron chi connectivity index (χ2n) is 7.08. The van der Waals surface area contributed by atoms with Gasteiger partial charge in [-0.1, -0.05) is 6.42 Å². The third-order valence-electron chi connectivity index (χ3n) is 5.45. The topological polar surface area (TPSA) is 55.5 Å². The number of rotatable bonds is 2. The lowest BCUT2D eigenvalue weighted by atomic mass is 9.49. The zero-order valence-electron chi connectivity index (χ0n) is 11.0. The van der Waals surface area contributed by atoms with E-state index in [-0.39, 0.29) is 23.3 Å². The number of nitrogens with two attached hydrogens (primary N) is 1. The van der Waals surface area contributed by atoms with Gasteiger partial charge in [-0.2, -0.15) is 0 Å². The zero-order chi connectivity index (χ0) is 12.3. The van der Waals surface area contributed by atoms with Crippen LogP contribution in [0.25, 0.3) is 0 Å². The summed E-state index contributed by atoms with van der Waals surface area (Å²) in [4.78, 5) is 0. The zero-order valence-corrected chi connectivity index (χ0v) is 11.0. The lowest BCUT2D eigenvalue weighted by Gasteiger charge is -2.67. The number of fused-ring (bicyclic) bond motifs is 1. The van der Waals surface area contributed by atoms with Crippen LogP contribution in [0.15, 0.2) is 0 Å². The van der Waals surface area contributed by atoms with E-state index in [1.165, 1.54) is 12.8 Å². The van der Waals surface area contributed by atoms with Crippen LogP contribution in [-0.2, 0) is 4.74 Å². The van der Waals surface area contributed by atoms with Gasteiger partial charge < -0.3 is 15.6 Å². The Morgan fingerprint density at radius 2 is 2.18 bits per heavy atom. The summed E-state index contributed by atoms with van der Waals surface area (Å²) in [5, 5.41) is 9.32. The Balaban J connectivity index is 2.01. The first-order valence-electron chi connectivity index (χ1n) is 7.01. The second-order valence-corrected chi connectivity index (χ2v) is 7.08. The summed E-state index contributed by atoms with van der Waals surface area (Å²) in [6.45, 7) is 4.67. The standard InChI is InChI=1S/C14H25NO2/c1-12-8-10-4-3-5-13(2,17-12)11(10)14(15,9-12)6-7-16/h10-11,16H,3-9,15H2,1-2H3. The number of aliphatic hydroxyl groups excluding tert-OH is 1. The highest BCUT2D eigenvalue weighted by Crippen LogP contribution is 2.61. The molecule has 0 spiro atoms. The minimum absolute atomic E-state index is 0.0436. The molecule has 4 fully saturated rings. The Morgan fingerprint density at radius 1 is 1.41 bits per heavy atom. The number of hydrogen-bond acceptors (Lipinski definition) is 3. The number of ether oxygens (including phenoxy) is 1. The molecule has 2 aliphatic heterocycles. The fourth-order valence-electron chi connectivity index (χ4n) is 5.47. The average Bonchev–Trinajstić information content (AvgIpc) is 2.12. The van der Waals surface area contributed by atoms with E-state index in [1.54, 1.807) is 0 Å². The Hall–Kier alpha value is -0.120. The highest BCUT2D eigenvalue weighted by Gasteiger charge is 2.65. The van der Waals surface area contributed by atoms with Crippen LogP contribution in [0.1, 0.15) is 52.4 Å². The Morgan fingerprint density at radius 3 is 2.82 bits per heavy atom. The first-order chi connectivity index (χ1) is 7.91. The molecule has 3 nitrogen and oxygen atoms in total. The SMILES string of the molecule is CC12CC3CCCC(C)(O1)C3C(N)(CCO)C2. The van der Waals surface area contributed by atoms with Crippen LogP contribution in [0, 0.1) is 11.8 Å². The lowest BCUT2D eigenvalue weighted by molar-refractivity contribution is -0.299. The second kappa shape index (κ2) is 3.46. The molecule has 2 saturated carbocycles. The molecule has 5 atom stereocenters. The molecule has 4 bridgehead atoms. The molecule has 4 rings (SSSR count). The van der Waals surface area contributed by atoms with Gasteiger partial charge >= 0.3 is 0 Å². The van der Waals surface area contributed by atoms with Gasteiger partial charge in [-0.25, -0.2) is 0 Å². The van der Waals surface area contributed by atoms with Gasteiger partial charge in [-0.05, 0) is 51.9 Å². The Bertz CT molecular complexity index is 334. The maximum atomic E-state index is 9.32. The summed E-state index contributed by atoms with van der Waals surface area (Å²) in [6, 6.07) is 0. The maximum Gasteiger partial charge on any atom is 0.0710 e. The van der Waals surface area contributed by atoms with Crippen LogP contribution in [0.4, 0.5) is 0 Å². The van der Waals surface area contributed by atoms with Crippen molar-refractivity contribution < 1.29 is 9.84 Å². The van der Waals surface area contributed by atoms with E-state index in [9.17, 15) is 5.11 Å². The molecule has 3 heteroatoms. The predicted octanol–water partition coefficient (Wildman–Crippen LogP) is 1.82. The largest absolute Gasteiger partial charge is 0.396 e. The molecule has 3 N–H and O–H groups in total. The van der Waals surface area contributed by atoms with Crippen LogP contribution in [0.5, 0.6) is 0 Å². The fourth-order valence-corrected chi connectivity index (χ4v) is 5.47. The quantitative estimate of drug-likeness (QED) is 0.773. The molecular weight excluding hydrogens is 214 g/mol. The molecule has 0 amide bonds. The molecule has 0 aromatic heterocycles. The van der Waals surface area contributed by atoms with E-state index in [2.05, 4.69) is 13.8 Å². The van der Waals surface area contributed by atoms with E-state index < -0.39 is 0 Å². The molecular formula is C14H25NO2. The van der Waals surface area contributed by atoms with E-state index in [0.29, 0.717) is 11.8 Å². The monoisotopic (exact) mass is 239 g/mol. The first kappa shape index (κ1) is 11.9. The van der Waals surface area contributed by atoms with Crippen molar-refractivity contribution in [1.82, 2.24) is 0 Å². The van der Waals surface area contributed by atoms with Crippen molar-refractivity contribution in [3.05, 3.63) is 0 Å². The number of aliphatic hydroxyl groups is 1. The third-order valence-corrected chi connectivity index (χ3v) is 5.45. The highest BCUT2D eigenvalue weighted by atomic mass is 16.5. The first-order valence-corrected chi connectivity index (χ1v) is 7.01. The summed E-state index contributed by atoms with van der Waals surface area (Å²) >= 11 is 0. The van der Waals surface area contributed by atoms with E-state index in [4.69, 9.17) is 10.5 Å². The van der Waals surface area contributed by atoms with Crippen molar-refractivity contribution in [3.8, 4) is 0 Å². The van der Waals surface area contributed by atoms with E-state index in [0.717, 1.165) is 25.7 Å². The van der Waals surface area contributed by atoms with Gasteiger partial charge in [0, 0.05) is 18.1 Å².